The van der Waals surface area contributed by atoms with Crippen molar-refractivity contribution in [1.29, 1.82) is 0 Å². The molecule has 0 unspecified atom stereocenters. The predicted octanol–water partition coefficient (Wildman–Crippen LogP) is 6.00. The number of aromatic nitrogens is 3. The third-order valence-corrected chi connectivity index (χ3v) is 6.18. The molecule has 0 bridgehead atoms. The van der Waals surface area contributed by atoms with Crippen molar-refractivity contribution in [2.24, 2.45) is 0 Å². The Morgan fingerprint density at radius 2 is 1.88 bits per heavy atom. The Morgan fingerprint density at radius 1 is 1.08 bits per heavy atom. The van der Waals surface area contributed by atoms with Crippen molar-refractivity contribution in [2.45, 2.75) is 30.8 Å². The van der Waals surface area contributed by atoms with Gasteiger partial charge in [0.1, 0.15) is 5.82 Å². The number of thioether (sulfide) groups is 1. The minimum Gasteiger partial charge on any atom is -0.302 e. The molecule has 4 aromatic rings. The number of halogens is 1. The van der Waals surface area contributed by atoms with Crippen LogP contribution >= 0.6 is 23.1 Å². The quantitative estimate of drug-likeness (QED) is 0.383. The van der Waals surface area contributed by atoms with E-state index in [9.17, 15) is 4.39 Å². The standard InChI is InChI=1S/C20H18FN3S2/c1-2-11-24-19(16-13-25-18-10-6-4-8-15(16)18)22-23-20(24)26-12-14-7-3-5-9-17(14)21/h3-10,13H,2,11-12H2,1H3. The van der Waals surface area contributed by atoms with Crippen molar-refractivity contribution in [3.63, 3.8) is 0 Å². The van der Waals surface area contributed by atoms with Gasteiger partial charge in [0.15, 0.2) is 11.0 Å². The van der Waals surface area contributed by atoms with Crippen LogP contribution in [0.3, 0.4) is 0 Å². The van der Waals surface area contributed by atoms with Crippen molar-refractivity contribution < 1.29 is 4.39 Å². The summed E-state index contributed by atoms with van der Waals surface area (Å²) in [7, 11) is 0. The van der Waals surface area contributed by atoms with Gasteiger partial charge in [0.25, 0.3) is 0 Å². The lowest BCUT2D eigenvalue weighted by atomic mass is 10.1. The summed E-state index contributed by atoms with van der Waals surface area (Å²) < 4.78 is 17.3. The van der Waals surface area contributed by atoms with Crippen molar-refractivity contribution in [3.8, 4) is 11.4 Å². The number of thiophene rings is 1. The molecule has 4 rings (SSSR count). The summed E-state index contributed by atoms with van der Waals surface area (Å²) in [6.07, 6.45) is 0.986. The second-order valence-corrected chi connectivity index (χ2v) is 7.84. The Labute approximate surface area is 159 Å². The number of fused-ring (bicyclic) bond motifs is 1. The first kappa shape index (κ1) is 17.2. The van der Waals surface area contributed by atoms with Gasteiger partial charge < -0.3 is 4.57 Å². The zero-order valence-electron chi connectivity index (χ0n) is 14.4. The Morgan fingerprint density at radius 3 is 2.73 bits per heavy atom. The SMILES string of the molecule is CCCn1c(SCc2ccccc2F)nnc1-c1csc2ccccc12. The van der Waals surface area contributed by atoms with Crippen LogP contribution in [-0.4, -0.2) is 14.8 Å². The highest BCUT2D eigenvalue weighted by atomic mass is 32.2. The highest BCUT2D eigenvalue weighted by Crippen LogP contribution is 2.35. The van der Waals surface area contributed by atoms with E-state index in [-0.39, 0.29) is 5.82 Å². The molecule has 0 aliphatic heterocycles. The van der Waals surface area contributed by atoms with Gasteiger partial charge >= 0.3 is 0 Å². The van der Waals surface area contributed by atoms with Crippen LogP contribution in [0.4, 0.5) is 4.39 Å². The van der Waals surface area contributed by atoms with Gasteiger partial charge in [0.2, 0.25) is 0 Å². The van der Waals surface area contributed by atoms with Crippen LogP contribution in [-0.2, 0) is 12.3 Å². The van der Waals surface area contributed by atoms with Gasteiger partial charge in [0.05, 0.1) is 0 Å². The molecule has 132 valence electrons. The molecule has 0 spiro atoms. The maximum absolute atomic E-state index is 13.9. The number of nitrogens with zero attached hydrogens (tertiary/aromatic N) is 3. The highest BCUT2D eigenvalue weighted by Gasteiger charge is 2.17. The molecule has 26 heavy (non-hydrogen) atoms. The Bertz CT molecular complexity index is 1040. The predicted molar refractivity (Wildman–Crippen MR) is 107 cm³/mol. The summed E-state index contributed by atoms with van der Waals surface area (Å²) in [6.45, 7) is 2.98. The molecule has 0 radical (unpaired) electrons. The lowest BCUT2D eigenvalue weighted by Crippen LogP contribution is -2.02. The molecule has 0 aliphatic carbocycles. The molecular formula is C20H18FN3S2. The second kappa shape index (κ2) is 7.60. The zero-order chi connectivity index (χ0) is 17.9. The lowest BCUT2D eigenvalue weighted by Gasteiger charge is -2.09. The molecule has 0 saturated carbocycles. The zero-order valence-corrected chi connectivity index (χ0v) is 16.0. The number of benzene rings is 2. The van der Waals surface area contributed by atoms with E-state index in [0.29, 0.717) is 11.3 Å². The molecular weight excluding hydrogens is 365 g/mol. The summed E-state index contributed by atoms with van der Waals surface area (Å²) in [5.74, 6) is 1.25. The third-order valence-electron chi connectivity index (χ3n) is 4.20. The Kier molecular flexibility index (Phi) is 5.04. The molecule has 2 heterocycles. The van der Waals surface area contributed by atoms with Crippen LogP contribution in [0.2, 0.25) is 0 Å². The fourth-order valence-electron chi connectivity index (χ4n) is 2.93. The highest BCUT2D eigenvalue weighted by molar-refractivity contribution is 7.98. The largest absolute Gasteiger partial charge is 0.302 e. The summed E-state index contributed by atoms with van der Waals surface area (Å²) in [5.41, 5.74) is 1.80. The first-order valence-electron chi connectivity index (χ1n) is 8.54. The van der Waals surface area contributed by atoms with Gasteiger partial charge in [0, 0.05) is 33.3 Å². The Hall–Kier alpha value is -2.18. The summed E-state index contributed by atoms with van der Waals surface area (Å²) in [5, 5.41) is 13.0. The van der Waals surface area contributed by atoms with Gasteiger partial charge in [-0.25, -0.2) is 4.39 Å². The topological polar surface area (TPSA) is 30.7 Å². The molecule has 6 heteroatoms. The van der Waals surface area contributed by atoms with Crippen LogP contribution in [0.5, 0.6) is 0 Å². The van der Waals surface area contributed by atoms with Crippen molar-refractivity contribution >= 4 is 33.2 Å². The van der Waals surface area contributed by atoms with E-state index in [1.807, 2.05) is 18.2 Å². The fourth-order valence-corrected chi connectivity index (χ4v) is 4.82. The summed E-state index contributed by atoms with van der Waals surface area (Å²) in [4.78, 5) is 0. The first-order chi connectivity index (χ1) is 12.8. The maximum Gasteiger partial charge on any atom is 0.191 e. The van der Waals surface area contributed by atoms with Gasteiger partial charge in [-0.2, -0.15) is 0 Å². The number of hydrogen-bond acceptors (Lipinski definition) is 4. The lowest BCUT2D eigenvalue weighted by molar-refractivity contribution is 0.615. The van der Waals surface area contributed by atoms with Crippen LogP contribution in [0, 0.1) is 5.82 Å². The van der Waals surface area contributed by atoms with Gasteiger partial charge in [-0.1, -0.05) is 55.1 Å². The maximum atomic E-state index is 13.9. The first-order valence-corrected chi connectivity index (χ1v) is 10.4. The van der Waals surface area contributed by atoms with Crippen LogP contribution in [0.25, 0.3) is 21.5 Å². The third kappa shape index (κ3) is 3.27. The molecule has 0 N–H and O–H groups in total. The van der Waals surface area contributed by atoms with Crippen molar-refractivity contribution in [3.05, 3.63) is 65.3 Å². The van der Waals surface area contributed by atoms with E-state index in [0.717, 1.165) is 29.5 Å². The summed E-state index contributed by atoms with van der Waals surface area (Å²) in [6, 6.07) is 15.2. The van der Waals surface area contributed by atoms with E-state index < -0.39 is 0 Å². The van der Waals surface area contributed by atoms with E-state index in [4.69, 9.17) is 0 Å². The van der Waals surface area contributed by atoms with E-state index in [1.54, 1.807) is 17.4 Å². The number of hydrogen-bond donors (Lipinski definition) is 0. The number of rotatable bonds is 6. The van der Waals surface area contributed by atoms with E-state index in [2.05, 4.69) is 45.3 Å². The van der Waals surface area contributed by atoms with Crippen molar-refractivity contribution in [2.75, 3.05) is 0 Å². The normalized spacial score (nSPS) is 11.3. The molecule has 0 saturated heterocycles. The van der Waals surface area contributed by atoms with Gasteiger partial charge in [-0.3, -0.25) is 0 Å². The monoisotopic (exact) mass is 383 g/mol. The smallest absolute Gasteiger partial charge is 0.191 e. The fraction of sp³-hybridized carbons (Fsp3) is 0.200. The average Bonchev–Trinajstić information content (AvgIpc) is 3.25. The molecule has 2 aromatic heterocycles. The average molecular weight is 384 g/mol. The molecule has 2 aromatic carbocycles. The van der Waals surface area contributed by atoms with E-state index >= 15 is 0 Å². The second-order valence-electron chi connectivity index (χ2n) is 5.98. The minimum absolute atomic E-state index is 0.175. The molecule has 0 fully saturated rings. The van der Waals surface area contributed by atoms with Gasteiger partial charge in [-0.15, -0.1) is 21.5 Å². The Balaban J connectivity index is 1.68. The van der Waals surface area contributed by atoms with Crippen molar-refractivity contribution in [1.82, 2.24) is 14.8 Å². The van der Waals surface area contributed by atoms with E-state index in [1.165, 1.54) is 27.9 Å². The summed E-state index contributed by atoms with van der Waals surface area (Å²) >= 11 is 3.25. The van der Waals surface area contributed by atoms with Gasteiger partial charge in [-0.05, 0) is 24.1 Å². The van der Waals surface area contributed by atoms with Crippen LogP contribution in [0.15, 0.2) is 59.1 Å². The van der Waals surface area contributed by atoms with Crippen LogP contribution in [0.1, 0.15) is 18.9 Å². The minimum atomic E-state index is -0.175. The molecule has 3 nitrogen and oxygen atoms in total. The van der Waals surface area contributed by atoms with Crippen LogP contribution < -0.4 is 0 Å². The molecule has 0 atom stereocenters. The molecule has 0 amide bonds. The molecule has 0 aliphatic rings.